The van der Waals surface area contributed by atoms with Crippen LogP contribution in [0.1, 0.15) is 31.4 Å². The number of sulfonamides is 1. The van der Waals surface area contributed by atoms with Crippen LogP contribution in [0.15, 0.2) is 56.6 Å². The maximum atomic E-state index is 12.5. The number of fused-ring (bicyclic) bond motifs is 1. The smallest absolute Gasteiger partial charge is 0.336 e. The highest BCUT2D eigenvalue weighted by Gasteiger charge is 2.24. The third kappa shape index (κ3) is 5.33. The van der Waals surface area contributed by atoms with Crippen LogP contribution >= 0.6 is 11.6 Å². The normalized spacial score (nSPS) is 12.6. The van der Waals surface area contributed by atoms with E-state index in [1.165, 1.54) is 31.2 Å². The molecule has 1 N–H and O–H groups in total. The molecule has 0 fully saturated rings. The summed E-state index contributed by atoms with van der Waals surface area (Å²) in [5.74, 6) is -0.888. The molecule has 9 heteroatoms. The second-order valence-electron chi connectivity index (χ2n) is 7.20. The van der Waals surface area contributed by atoms with Crippen molar-refractivity contribution in [3.05, 3.63) is 69.0 Å². The maximum absolute atomic E-state index is 12.5. The van der Waals surface area contributed by atoms with Crippen LogP contribution in [-0.2, 0) is 21.2 Å². The van der Waals surface area contributed by atoms with Crippen molar-refractivity contribution in [1.29, 1.82) is 0 Å². The molecular formula is C22H22ClNO6S. The monoisotopic (exact) mass is 463 g/mol. The van der Waals surface area contributed by atoms with E-state index in [0.717, 1.165) is 17.5 Å². The molecule has 0 aliphatic carbocycles. The largest absolute Gasteiger partial charge is 0.424 e. The summed E-state index contributed by atoms with van der Waals surface area (Å²) in [6, 6.07) is 9.37. The number of nitrogens with one attached hydrogen (secondary N) is 1. The Morgan fingerprint density at radius 1 is 1.19 bits per heavy atom. The first-order valence-electron chi connectivity index (χ1n) is 9.67. The van der Waals surface area contributed by atoms with Gasteiger partial charge in [0.25, 0.3) is 0 Å². The van der Waals surface area contributed by atoms with Crippen LogP contribution in [-0.4, -0.2) is 20.4 Å². The average Bonchev–Trinajstić information content (AvgIpc) is 2.69. The second kappa shape index (κ2) is 9.21. The van der Waals surface area contributed by atoms with E-state index in [0.29, 0.717) is 11.8 Å². The average molecular weight is 464 g/mol. The SMILES string of the molecule is CCCc1cc(=O)oc2cc(OC(=O)[C@H](C)NS(=O)(=O)c3ccc(C)cc3)c(Cl)cc12. The lowest BCUT2D eigenvalue weighted by atomic mass is 10.1. The van der Waals surface area contributed by atoms with Crippen LogP contribution in [0.5, 0.6) is 5.75 Å². The lowest BCUT2D eigenvalue weighted by Crippen LogP contribution is -2.40. The van der Waals surface area contributed by atoms with E-state index in [4.69, 9.17) is 20.8 Å². The quantitative estimate of drug-likeness (QED) is 0.323. The molecule has 0 unspecified atom stereocenters. The molecule has 1 aromatic heterocycles. The van der Waals surface area contributed by atoms with Gasteiger partial charge in [0.2, 0.25) is 10.0 Å². The summed E-state index contributed by atoms with van der Waals surface area (Å²) >= 11 is 6.27. The number of aryl methyl sites for hydroxylation is 2. The summed E-state index contributed by atoms with van der Waals surface area (Å²) in [6.07, 6.45) is 1.49. The van der Waals surface area contributed by atoms with E-state index in [9.17, 15) is 18.0 Å². The topological polar surface area (TPSA) is 103 Å². The van der Waals surface area contributed by atoms with Gasteiger partial charge in [-0.2, -0.15) is 4.72 Å². The molecule has 1 atom stereocenters. The van der Waals surface area contributed by atoms with E-state index in [-0.39, 0.29) is 21.3 Å². The molecule has 0 bridgehead atoms. The lowest BCUT2D eigenvalue weighted by Gasteiger charge is -2.15. The first kappa shape index (κ1) is 23.0. The molecule has 31 heavy (non-hydrogen) atoms. The van der Waals surface area contributed by atoms with E-state index >= 15 is 0 Å². The minimum absolute atomic E-state index is 0.0302. The summed E-state index contributed by atoms with van der Waals surface area (Å²) in [6.45, 7) is 5.18. The zero-order valence-corrected chi connectivity index (χ0v) is 18.8. The standard InChI is InChI=1S/C22H22ClNO6S/c1-4-5-15-10-21(25)29-19-12-20(18(23)11-17(15)19)30-22(26)14(3)24-31(27,28)16-8-6-13(2)7-9-16/h6-12,14,24H,4-5H2,1-3H3/t14-/m0/s1. The fourth-order valence-corrected chi connectivity index (χ4v) is 4.44. The molecular weight excluding hydrogens is 442 g/mol. The van der Waals surface area contributed by atoms with Gasteiger partial charge in [-0.15, -0.1) is 0 Å². The molecule has 0 aliphatic heterocycles. The van der Waals surface area contributed by atoms with Crippen LogP contribution in [0.25, 0.3) is 11.0 Å². The van der Waals surface area contributed by atoms with Gasteiger partial charge in [0.05, 0.1) is 9.92 Å². The van der Waals surface area contributed by atoms with Crippen molar-refractivity contribution in [2.24, 2.45) is 0 Å². The Morgan fingerprint density at radius 3 is 2.52 bits per heavy atom. The van der Waals surface area contributed by atoms with E-state index in [2.05, 4.69) is 4.72 Å². The molecule has 0 saturated carbocycles. The number of benzene rings is 2. The fraction of sp³-hybridized carbons (Fsp3) is 0.273. The van der Waals surface area contributed by atoms with Gasteiger partial charge in [0.1, 0.15) is 11.6 Å². The Balaban J connectivity index is 1.83. The Kier molecular flexibility index (Phi) is 6.83. The molecule has 3 rings (SSSR count). The zero-order valence-electron chi connectivity index (χ0n) is 17.3. The first-order valence-corrected chi connectivity index (χ1v) is 11.5. The summed E-state index contributed by atoms with van der Waals surface area (Å²) in [5, 5.41) is 0.792. The Hall–Kier alpha value is -2.68. The number of carbonyl (C=O) groups excluding carboxylic acids is 1. The van der Waals surface area contributed by atoms with Gasteiger partial charge in [-0.3, -0.25) is 0 Å². The maximum Gasteiger partial charge on any atom is 0.336 e. The molecule has 0 radical (unpaired) electrons. The number of carbonyl (C=O) groups is 1. The molecule has 0 amide bonds. The summed E-state index contributed by atoms with van der Waals surface area (Å²) < 4.78 is 37.8. The van der Waals surface area contributed by atoms with Gasteiger partial charge in [-0.05, 0) is 44.0 Å². The van der Waals surface area contributed by atoms with Crippen LogP contribution in [0.4, 0.5) is 0 Å². The second-order valence-corrected chi connectivity index (χ2v) is 9.32. The molecule has 3 aromatic rings. The highest BCUT2D eigenvalue weighted by Crippen LogP contribution is 2.32. The van der Waals surface area contributed by atoms with Crippen LogP contribution in [0.3, 0.4) is 0 Å². The third-order valence-corrected chi connectivity index (χ3v) is 6.48. The number of rotatable bonds is 7. The highest BCUT2D eigenvalue weighted by molar-refractivity contribution is 7.89. The van der Waals surface area contributed by atoms with Gasteiger partial charge >= 0.3 is 11.6 Å². The van der Waals surface area contributed by atoms with Gasteiger partial charge in [-0.25, -0.2) is 18.0 Å². The van der Waals surface area contributed by atoms with Gasteiger partial charge in [-0.1, -0.05) is 42.6 Å². The number of esters is 1. The summed E-state index contributed by atoms with van der Waals surface area (Å²) in [5.41, 5.74) is 1.41. The first-order chi connectivity index (χ1) is 14.6. The lowest BCUT2D eigenvalue weighted by molar-refractivity contribution is -0.135. The van der Waals surface area contributed by atoms with Crippen molar-refractivity contribution < 1.29 is 22.4 Å². The third-order valence-electron chi connectivity index (χ3n) is 4.63. The van der Waals surface area contributed by atoms with Crippen molar-refractivity contribution in [3.63, 3.8) is 0 Å². The minimum Gasteiger partial charge on any atom is -0.424 e. The number of hydrogen-bond donors (Lipinski definition) is 1. The van der Waals surface area contributed by atoms with Crippen molar-refractivity contribution in [3.8, 4) is 5.75 Å². The van der Waals surface area contributed by atoms with Gasteiger partial charge < -0.3 is 9.15 Å². The zero-order chi connectivity index (χ0) is 22.8. The number of halogens is 1. The molecule has 0 saturated heterocycles. The van der Waals surface area contributed by atoms with Crippen molar-refractivity contribution in [1.82, 2.24) is 4.72 Å². The van der Waals surface area contributed by atoms with Gasteiger partial charge in [0, 0.05) is 17.5 Å². The molecule has 0 aliphatic rings. The van der Waals surface area contributed by atoms with Gasteiger partial charge in [0.15, 0.2) is 5.75 Å². The molecule has 7 nitrogen and oxygen atoms in total. The van der Waals surface area contributed by atoms with Crippen LogP contribution in [0.2, 0.25) is 5.02 Å². The van der Waals surface area contributed by atoms with Crippen molar-refractivity contribution in [2.45, 2.75) is 44.6 Å². The molecule has 0 spiro atoms. The van der Waals surface area contributed by atoms with Crippen LogP contribution < -0.4 is 15.1 Å². The predicted molar refractivity (Wildman–Crippen MR) is 118 cm³/mol. The summed E-state index contributed by atoms with van der Waals surface area (Å²) in [7, 11) is -3.92. The highest BCUT2D eigenvalue weighted by atomic mass is 35.5. The van der Waals surface area contributed by atoms with Crippen molar-refractivity contribution in [2.75, 3.05) is 0 Å². The fourth-order valence-electron chi connectivity index (χ4n) is 3.05. The van der Waals surface area contributed by atoms with Crippen LogP contribution in [0, 0.1) is 6.92 Å². The molecule has 1 heterocycles. The van der Waals surface area contributed by atoms with Crippen molar-refractivity contribution >= 4 is 38.6 Å². The van der Waals surface area contributed by atoms with E-state index in [1.54, 1.807) is 18.2 Å². The molecule has 164 valence electrons. The predicted octanol–water partition coefficient (Wildman–Crippen LogP) is 3.98. The number of hydrogen-bond acceptors (Lipinski definition) is 6. The molecule has 2 aromatic carbocycles. The van der Waals surface area contributed by atoms with E-state index < -0.39 is 27.7 Å². The van der Waals surface area contributed by atoms with E-state index in [1.807, 2.05) is 13.8 Å². The Bertz CT molecular complexity index is 1280. The Labute approximate surface area is 185 Å². The summed E-state index contributed by atoms with van der Waals surface area (Å²) in [4.78, 5) is 24.4. The number of ether oxygens (including phenoxy) is 1. The minimum atomic E-state index is -3.92. The Morgan fingerprint density at radius 2 is 1.87 bits per heavy atom.